The molecular weight excluding hydrogens is 337 g/mol. The van der Waals surface area contributed by atoms with E-state index < -0.39 is 11.8 Å². The van der Waals surface area contributed by atoms with Gasteiger partial charge in [0.25, 0.3) is 0 Å². The number of rotatable bonds is 3. The van der Waals surface area contributed by atoms with Gasteiger partial charge in [-0.1, -0.05) is 41.4 Å². The Morgan fingerprint density at radius 2 is 1.65 bits per heavy atom. The van der Waals surface area contributed by atoms with Gasteiger partial charge in [-0.05, 0) is 42.3 Å². The molecule has 0 bridgehead atoms. The van der Waals surface area contributed by atoms with E-state index in [1.165, 1.54) is 6.21 Å². The number of hydrazone groups is 1. The van der Waals surface area contributed by atoms with E-state index in [1.807, 2.05) is 0 Å². The number of aryl methyl sites for hydroxylation is 1. The summed E-state index contributed by atoms with van der Waals surface area (Å²) in [7, 11) is 0. The number of amides is 2. The third kappa shape index (κ3) is 5.09. The molecule has 0 heterocycles. The summed E-state index contributed by atoms with van der Waals surface area (Å²) >= 11 is 11.6. The predicted octanol–water partition coefficient (Wildman–Crippen LogP) is 3.39. The lowest BCUT2D eigenvalue weighted by atomic mass is 10.2. The van der Waals surface area contributed by atoms with E-state index in [2.05, 4.69) is 15.8 Å². The van der Waals surface area contributed by atoms with Crippen molar-refractivity contribution in [1.82, 2.24) is 5.43 Å². The lowest BCUT2D eigenvalue weighted by Crippen LogP contribution is -2.32. The van der Waals surface area contributed by atoms with Crippen LogP contribution >= 0.6 is 23.2 Å². The largest absolute Gasteiger partial charge is 0.329 e. The minimum atomic E-state index is -0.880. The molecule has 2 rings (SSSR count). The zero-order valence-electron chi connectivity index (χ0n) is 12.1. The molecule has 2 aromatic carbocycles. The maximum atomic E-state index is 11.8. The lowest BCUT2D eigenvalue weighted by molar-refractivity contribution is -0.136. The Morgan fingerprint density at radius 1 is 1.00 bits per heavy atom. The summed E-state index contributed by atoms with van der Waals surface area (Å²) < 4.78 is 0. The molecule has 7 heteroatoms. The first-order valence-corrected chi connectivity index (χ1v) is 7.37. The summed E-state index contributed by atoms with van der Waals surface area (Å²) in [5, 5.41) is 7.26. The van der Waals surface area contributed by atoms with Gasteiger partial charge in [-0.15, -0.1) is 0 Å². The van der Waals surface area contributed by atoms with Gasteiger partial charge in [0.15, 0.2) is 0 Å². The Hall–Kier alpha value is -2.37. The minimum absolute atomic E-state index is 0.465. The number of carbonyl (C=O) groups excluding carboxylic acids is 2. The molecule has 0 saturated carbocycles. The number of benzene rings is 2. The quantitative estimate of drug-likeness (QED) is 0.506. The predicted molar refractivity (Wildman–Crippen MR) is 92.0 cm³/mol. The minimum Gasteiger partial charge on any atom is -0.317 e. The molecule has 2 amide bonds. The van der Waals surface area contributed by atoms with Gasteiger partial charge in [0.05, 0.1) is 6.21 Å². The van der Waals surface area contributed by atoms with Crippen LogP contribution in [0.25, 0.3) is 0 Å². The number of anilines is 1. The molecule has 0 aliphatic carbocycles. The monoisotopic (exact) mass is 349 g/mol. The van der Waals surface area contributed by atoms with Gasteiger partial charge in [-0.2, -0.15) is 5.10 Å². The van der Waals surface area contributed by atoms with Gasteiger partial charge < -0.3 is 5.32 Å². The summed E-state index contributed by atoms with van der Waals surface area (Å²) in [4.78, 5) is 23.5. The average molecular weight is 350 g/mol. The van der Waals surface area contributed by atoms with Crippen LogP contribution in [0.3, 0.4) is 0 Å². The van der Waals surface area contributed by atoms with Crippen molar-refractivity contribution in [2.24, 2.45) is 5.10 Å². The molecule has 5 nitrogen and oxygen atoms in total. The molecule has 0 aliphatic heterocycles. The molecule has 2 aromatic rings. The van der Waals surface area contributed by atoms with Crippen LogP contribution in [0.4, 0.5) is 5.69 Å². The second-order valence-electron chi connectivity index (χ2n) is 4.66. The third-order valence-electron chi connectivity index (χ3n) is 2.90. The van der Waals surface area contributed by atoms with Gasteiger partial charge in [-0.3, -0.25) is 9.59 Å². The van der Waals surface area contributed by atoms with Crippen molar-refractivity contribution in [3.63, 3.8) is 0 Å². The molecule has 0 fully saturated rings. The van der Waals surface area contributed by atoms with Crippen molar-refractivity contribution >= 4 is 46.9 Å². The Morgan fingerprint density at radius 3 is 2.35 bits per heavy atom. The third-order valence-corrected chi connectivity index (χ3v) is 3.39. The van der Waals surface area contributed by atoms with Crippen LogP contribution in [0.5, 0.6) is 0 Å². The van der Waals surface area contributed by atoms with E-state index in [-0.39, 0.29) is 0 Å². The summed E-state index contributed by atoms with van der Waals surface area (Å²) in [6.07, 6.45) is 1.41. The fourth-order valence-corrected chi connectivity index (χ4v) is 1.97. The van der Waals surface area contributed by atoms with Gasteiger partial charge >= 0.3 is 11.8 Å². The van der Waals surface area contributed by atoms with E-state index >= 15 is 0 Å². The first-order chi connectivity index (χ1) is 11.0. The summed E-state index contributed by atoms with van der Waals surface area (Å²) in [6, 6.07) is 11.9. The maximum Gasteiger partial charge on any atom is 0.329 e. The lowest BCUT2D eigenvalue weighted by Gasteiger charge is -2.07. The summed E-state index contributed by atoms with van der Waals surface area (Å²) in [5.41, 5.74) is 4.15. The van der Waals surface area contributed by atoms with E-state index in [4.69, 9.17) is 23.2 Å². The van der Waals surface area contributed by atoms with E-state index in [0.717, 1.165) is 11.1 Å². The highest BCUT2D eigenvalue weighted by Gasteiger charge is 2.14. The number of hydrogen-bond acceptors (Lipinski definition) is 3. The molecule has 23 heavy (non-hydrogen) atoms. The van der Waals surface area contributed by atoms with Crippen molar-refractivity contribution in [3.8, 4) is 0 Å². The zero-order valence-corrected chi connectivity index (χ0v) is 13.7. The van der Waals surface area contributed by atoms with Gasteiger partial charge in [0.1, 0.15) is 0 Å². The fourth-order valence-electron chi connectivity index (χ4n) is 1.67. The van der Waals surface area contributed by atoms with Gasteiger partial charge in [-0.25, -0.2) is 5.43 Å². The fraction of sp³-hybridized carbons (Fsp3) is 0.0625. The molecule has 0 spiro atoms. The van der Waals surface area contributed by atoms with Crippen LogP contribution < -0.4 is 10.7 Å². The second-order valence-corrected chi connectivity index (χ2v) is 5.54. The molecule has 2 N–H and O–H groups in total. The van der Waals surface area contributed by atoms with Crippen molar-refractivity contribution in [3.05, 3.63) is 63.6 Å². The molecule has 0 saturated heterocycles. The van der Waals surface area contributed by atoms with Crippen LogP contribution in [-0.2, 0) is 9.59 Å². The van der Waals surface area contributed by atoms with E-state index in [1.54, 1.807) is 49.4 Å². The Bertz CT molecular complexity index is 758. The van der Waals surface area contributed by atoms with Crippen LogP contribution in [0, 0.1) is 6.92 Å². The van der Waals surface area contributed by atoms with Gasteiger partial charge in [0, 0.05) is 15.7 Å². The van der Waals surface area contributed by atoms with Crippen LogP contribution in [-0.4, -0.2) is 18.0 Å². The number of carbonyl (C=O) groups is 2. The van der Waals surface area contributed by atoms with Crippen molar-refractivity contribution in [2.45, 2.75) is 6.92 Å². The molecule has 0 aliphatic rings. The van der Waals surface area contributed by atoms with Gasteiger partial charge in [0.2, 0.25) is 0 Å². The van der Waals surface area contributed by atoms with Crippen LogP contribution in [0.1, 0.15) is 11.1 Å². The number of halogens is 2. The number of nitrogens with one attached hydrogen (secondary N) is 2. The summed E-state index contributed by atoms with van der Waals surface area (Å²) in [5.74, 6) is -1.71. The van der Waals surface area contributed by atoms with E-state index in [9.17, 15) is 9.59 Å². The molecule has 0 unspecified atom stereocenters. The summed E-state index contributed by atoms with van der Waals surface area (Å²) in [6.45, 7) is 1.79. The normalized spacial score (nSPS) is 10.6. The molecular formula is C16H13Cl2N3O2. The number of nitrogens with zero attached hydrogens (tertiary/aromatic N) is 1. The SMILES string of the molecule is Cc1ccc(Cl)cc1NC(=O)C(=O)NN=Cc1ccc(Cl)cc1. The Kier molecular flexibility index (Phi) is 5.73. The van der Waals surface area contributed by atoms with Crippen LogP contribution in [0.15, 0.2) is 47.6 Å². The Labute approximate surface area is 143 Å². The second kappa shape index (κ2) is 7.76. The van der Waals surface area contributed by atoms with Crippen molar-refractivity contribution < 1.29 is 9.59 Å². The average Bonchev–Trinajstić information content (AvgIpc) is 2.52. The zero-order chi connectivity index (χ0) is 16.8. The maximum absolute atomic E-state index is 11.8. The topological polar surface area (TPSA) is 70.6 Å². The highest BCUT2D eigenvalue weighted by molar-refractivity contribution is 6.40. The first kappa shape index (κ1) is 17.0. The molecule has 118 valence electrons. The highest BCUT2D eigenvalue weighted by atomic mass is 35.5. The van der Waals surface area contributed by atoms with Crippen molar-refractivity contribution in [1.29, 1.82) is 0 Å². The highest BCUT2D eigenvalue weighted by Crippen LogP contribution is 2.19. The number of hydrogen-bond donors (Lipinski definition) is 2. The van der Waals surface area contributed by atoms with Crippen LogP contribution in [0.2, 0.25) is 10.0 Å². The molecule has 0 aromatic heterocycles. The van der Waals surface area contributed by atoms with Crippen molar-refractivity contribution in [2.75, 3.05) is 5.32 Å². The first-order valence-electron chi connectivity index (χ1n) is 6.62. The Balaban J connectivity index is 1.93. The molecule has 0 atom stereocenters. The standard InChI is InChI=1S/C16H13Cl2N3O2/c1-10-2-5-13(18)8-14(10)20-15(22)16(23)21-19-9-11-3-6-12(17)7-4-11/h2-9H,1H3,(H,20,22)(H,21,23). The van der Waals surface area contributed by atoms with E-state index in [0.29, 0.717) is 15.7 Å². The smallest absolute Gasteiger partial charge is 0.317 e. The molecule has 0 radical (unpaired) electrons.